The highest BCUT2D eigenvalue weighted by Crippen LogP contribution is 2.26. The van der Waals surface area contributed by atoms with Gasteiger partial charge in [0.05, 0.1) is 12.8 Å². The number of likely N-dealkylation sites (N-methyl/N-ethyl adjacent to an activating group) is 1. The lowest BCUT2D eigenvalue weighted by Crippen LogP contribution is -2.42. The van der Waals surface area contributed by atoms with Crippen LogP contribution in [0.5, 0.6) is 0 Å². The van der Waals surface area contributed by atoms with E-state index in [1.807, 2.05) is 12.1 Å². The van der Waals surface area contributed by atoms with Gasteiger partial charge in [-0.15, -0.1) is 0 Å². The van der Waals surface area contributed by atoms with Crippen molar-refractivity contribution in [1.82, 2.24) is 10.2 Å². The third-order valence-electron chi connectivity index (χ3n) is 4.15. The first-order valence-electron chi connectivity index (χ1n) is 7.20. The first-order chi connectivity index (χ1) is 8.77. The van der Waals surface area contributed by atoms with Crippen molar-refractivity contribution in [1.29, 1.82) is 0 Å². The summed E-state index contributed by atoms with van der Waals surface area (Å²) in [6.45, 7) is 5.38. The van der Waals surface area contributed by atoms with Gasteiger partial charge in [-0.2, -0.15) is 0 Å². The van der Waals surface area contributed by atoms with Crippen LogP contribution in [0, 0.1) is 5.92 Å². The van der Waals surface area contributed by atoms with Gasteiger partial charge < -0.3 is 14.6 Å². The minimum atomic E-state index is 0.782. The number of hydrogen-bond acceptors (Lipinski definition) is 3. The molecule has 1 saturated carbocycles. The average molecular weight is 250 g/mol. The average Bonchev–Trinajstić information content (AvgIpc) is 2.88. The molecule has 2 rings (SSSR count). The molecule has 1 N–H and O–H groups in total. The van der Waals surface area contributed by atoms with Gasteiger partial charge in [0.2, 0.25) is 0 Å². The molecule has 0 aromatic carbocycles. The van der Waals surface area contributed by atoms with Crippen LogP contribution in [0.15, 0.2) is 22.8 Å². The lowest BCUT2D eigenvalue weighted by atomic mass is 9.85. The molecule has 0 radical (unpaired) electrons. The second kappa shape index (κ2) is 6.95. The van der Waals surface area contributed by atoms with Gasteiger partial charge in [-0.25, -0.2) is 0 Å². The topological polar surface area (TPSA) is 28.4 Å². The predicted octanol–water partition coefficient (Wildman–Crippen LogP) is 2.88. The summed E-state index contributed by atoms with van der Waals surface area (Å²) >= 11 is 0. The van der Waals surface area contributed by atoms with Crippen LogP contribution >= 0.6 is 0 Å². The van der Waals surface area contributed by atoms with Crippen molar-refractivity contribution in [2.24, 2.45) is 5.92 Å². The number of furan rings is 1. The fourth-order valence-corrected chi connectivity index (χ4v) is 3.00. The largest absolute Gasteiger partial charge is 0.468 e. The molecule has 1 aromatic heterocycles. The molecule has 2 unspecified atom stereocenters. The Labute approximate surface area is 111 Å². The summed E-state index contributed by atoms with van der Waals surface area (Å²) in [6, 6.07) is 4.73. The molecule has 3 heteroatoms. The molecule has 1 aliphatic carbocycles. The summed E-state index contributed by atoms with van der Waals surface area (Å²) in [4.78, 5) is 2.53. The molecule has 0 amide bonds. The van der Waals surface area contributed by atoms with Gasteiger partial charge in [0.25, 0.3) is 0 Å². The molecule has 1 heterocycles. The van der Waals surface area contributed by atoms with Crippen molar-refractivity contribution in [2.45, 2.75) is 45.2 Å². The summed E-state index contributed by atoms with van der Waals surface area (Å²) in [5, 5.41) is 3.44. The van der Waals surface area contributed by atoms with Crippen LogP contribution in [0.4, 0.5) is 0 Å². The van der Waals surface area contributed by atoms with Crippen molar-refractivity contribution >= 4 is 0 Å². The molecule has 1 fully saturated rings. The van der Waals surface area contributed by atoms with Gasteiger partial charge in [0.1, 0.15) is 5.76 Å². The maximum Gasteiger partial charge on any atom is 0.117 e. The summed E-state index contributed by atoms with van der Waals surface area (Å²) in [7, 11) is 2.26. The molecule has 2 atom stereocenters. The van der Waals surface area contributed by atoms with Gasteiger partial charge in [0, 0.05) is 19.1 Å². The lowest BCUT2D eigenvalue weighted by Gasteiger charge is -2.36. The second-order valence-electron chi connectivity index (χ2n) is 5.57. The zero-order valence-electron chi connectivity index (χ0n) is 11.7. The van der Waals surface area contributed by atoms with Crippen molar-refractivity contribution in [3.63, 3.8) is 0 Å². The minimum Gasteiger partial charge on any atom is -0.468 e. The maximum absolute atomic E-state index is 5.30. The predicted molar refractivity (Wildman–Crippen MR) is 74.5 cm³/mol. The summed E-state index contributed by atoms with van der Waals surface area (Å²) in [5.41, 5.74) is 0. The van der Waals surface area contributed by atoms with E-state index in [0.717, 1.165) is 37.4 Å². The van der Waals surface area contributed by atoms with Gasteiger partial charge in [-0.3, -0.25) is 0 Å². The van der Waals surface area contributed by atoms with Gasteiger partial charge in [0.15, 0.2) is 0 Å². The molecular weight excluding hydrogens is 224 g/mol. The molecular formula is C15H26N2O. The first-order valence-corrected chi connectivity index (χ1v) is 7.20. The minimum absolute atomic E-state index is 0.782. The number of nitrogens with zero attached hydrogens (tertiary/aromatic N) is 1. The third-order valence-corrected chi connectivity index (χ3v) is 4.15. The van der Waals surface area contributed by atoms with Crippen molar-refractivity contribution in [3.8, 4) is 0 Å². The van der Waals surface area contributed by atoms with Crippen LogP contribution in [0.25, 0.3) is 0 Å². The van der Waals surface area contributed by atoms with E-state index >= 15 is 0 Å². The van der Waals surface area contributed by atoms with E-state index in [1.165, 1.54) is 25.7 Å². The third kappa shape index (κ3) is 3.85. The SMILES string of the molecule is CC1CCCCC1N(C)CCNCc1ccco1. The Bertz CT molecular complexity index is 323. The fourth-order valence-electron chi connectivity index (χ4n) is 3.00. The van der Waals surface area contributed by atoms with E-state index < -0.39 is 0 Å². The Kier molecular flexibility index (Phi) is 5.26. The molecule has 102 valence electrons. The Balaban J connectivity index is 1.63. The van der Waals surface area contributed by atoms with Crippen molar-refractivity contribution < 1.29 is 4.42 Å². The van der Waals surface area contributed by atoms with E-state index in [0.29, 0.717) is 0 Å². The highest BCUT2D eigenvalue weighted by Gasteiger charge is 2.24. The van der Waals surface area contributed by atoms with Crippen LogP contribution in [0.3, 0.4) is 0 Å². The monoisotopic (exact) mass is 250 g/mol. The van der Waals surface area contributed by atoms with Crippen molar-refractivity contribution in [2.75, 3.05) is 20.1 Å². The molecule has 0 saturated heterocycles. The van der Waals surface area contributed by atoms with Gasteiger partial charge in [-0.1, -0.05) is 19.8 Å². The smallest absolute Gasteiger partial charge is 0.117 e. The summed E-state index contributed by atoms with van der Waals surface area (Å²) < 4.78 is 5.30. The number of hydrogen-bond donors (Lipinski definition) is 1. The van der Waals surface area contributed by atoms with Crippen LogP contribution < -0.4 is 5.32 Å². The molecule has 1 aromatic rings. The standard InChI is InChI=1S/C15H26N2O/c1-13-6-3-4-8-15(13)17(2)10-9-16-12-14-7-5-11-18-14/h5,7,11,13,15-16H,3-4,6,8-10,12H2,1-2H3. The van der Waals surface area contributed by atoms with E-state index in [2.05, 4.69) is 24.2 Å². The molecule has 18 heavy (non-hydrogen) atoms. The highest BCUT2D eigenvalue weighted by molar-refractivity contribution is 4.97. The van der Waals surface area contributed by atoms with E-state index in [-0.39, 0.29) is 0 Å². The van der Waals surface area contributed by atoms with Crippen LogP contribution in [0.2, 0.25) is 0 Å². The zero-order valence-corrected chi connectivity index (χ0v) is 11.7. The number of rotatable bonds is 6. The van der Waals surface area contributed by atoms with Gasteiger partial charge in [-0.05, 0) is 37.9 Å². The lowest BCUT2D eigenvalue weighted by molar-refractivity contribution is 0.140. The molecule has 0 bridgehead atoms. The fraction of sp³-hybridized carbons (Fsp3) is 0.733. The second-order valence-corrected chi connectivity index (χ2v) is 5.57. The number of nitrogens with one attached hydrogen (secondary N) is 1. The Hall–Kier alpha value is -0.800. The highest BCUT2D eigenvalue weighted by atomic mass is 16.3. The van der Waals surface area contributed by atoms with Crippen LogP contribution in [-0.2, 0) is 6.54 Å². The quantitative estimate of drug-likeness (QED) is 0.787. The van der Waals surface area contributed by atoms with Crippen molar-refractivity contribution in [3.05, 3.63) is 24.2 Å². The van der Waals surface area contributed by atoms with Gasteiger partial charge >= 0.3 is 0 Å². The summed E-state index contributed by atoms with van der Waals surface area (Å²) in [5.74, 6) is 1.87. The maximum atomic E-state index is 5.30. The molecule has 1 aliphatic rings. The Morgan fingerprint density at radius 2 is 2.22 bits per heavy atom. The first kappa shape index (κ1) is 13.6. The Morgan fingerprint density at radius 3 is 2.94 bits per heavy atom. The molecule has 0 aliphatic heterocycles. The molecule has 0 spiro atoms. The summed E-state index contributed by atoms with van der Waals surface area (Å²) in [6.07, 6.45) is 7.32. The zero-order chi connectivity index (χ0) is 12.8. The Morgan fingerprint density at radius 1 is 1.39 bits per heavy atom. The van der Waals surface area contributed by atoms with Crippen LogP contribution in [0.1, 0.15) is 38.4 Å². The van der Waals surface area contributed by atoms with E-state index in [9.17, 15) is 0 Å². The van der Waals surface area contributed by atoms with Crippen LogP contribution in [-0.4, -0.2) is 31.1 Å². The van der Waals surface area contributed by atoms with E-state index in [4.69, 9.17) is 4.42 Å². The normalized spacial score (nSPS) is 24.6. The molecule has 3 nitrogen and oxygen atoms in total. The van der Waals surface area contributed by atoms with E-state index in [1.54, 1.807) is 6.26 Å².